The van der Waals surface area contributed by atoms with Crippen molar-refractivity contribution in [2.45, 2.75) is 18.6 Å². The number of carbonyl (C=O) groups excluding carboxylic acids is 1. The Morgan fingerprint density at radius 2 is 1.91 bits per heavy atom. The number of rotatable bonds is 10. The van der Waals surface area contributed by atoms with Gasteiger partial charge in [0.1, 0.15) is 23.7 Å². The smallest absolute Gasteiger partial charge is 0.345 e. The number of nitrogens with zero attached hydrogens (tertiary/aromatic N) is 1. The summed E-state index contributed by atoms with van der Waals surface area (Å²) in [7, 11) is 5.60. The van der Waals surface area contributed by atoms with Gasteiger partial charge in [-0.25, -0.2) is 4.79 Å². The summed E-state index contributed by atoms with van der Waals surface area (Å²) in [4.78, 5) is 25.2. The minimum atomic E-state index is -1.96. The fourth-order valence-corrected chi connectivity index (χ4v) is 3.95. The van der Waals surface area contributed by atoms with E-state index in [1.165, 1.54) is 0 Å². The number of carbonyl (C=O) groups is 1. The zero-order chi connectivity index (χ0) is 24.1. The van der Waals surface area contributed by atoms with Gasteiger partial charge in [-0.05, 0) is 68.6 Å². The minimum Gasteiger partial charge on any atom is -0.497 e. The van der Waals surface area contributed by atoms with Crippen molar-refractivity contribution < 1.29 is 33.9 Å². The number of benzene rings is 2. The van der Waals surface area contributed by atoms with E-state index in [9.17, 15) is 9.90 Å². The molecule has 2 aliphatic heterocycles. The molecular formula is C26H29NO7. The quantitative estimate of drug-likeness (QED) is 0.324. The van der Waals surface area contributed by atoms with Gasteiger partial charge < -0.3 is 29.1 Å². The molecule has 1 atom stereocenters. The molecule has 0 spiro atoms. The molecule has 0 radical (unpaired) electrons. The van der Waals surface area contributed by atoms with Gasteiger partial charge in [-0.15, -0.1) is 0 Å². The molecule has 1 unspecified atom stereocenters. The Morgan fingerprint density at radius 3 is 2.59 bits per heavy atom. The molecule has 0 aromatic heterocycles. The second-order valence-corrected chi connectivity index (χ2v) is 8.38. The number of methoxy groups -OCH3 is 1. The maximum absolute atomic E-state index is 12.9. The van der Waals surface area contributed by atoms with E-state index in [1.807, 2.05) is 38.4 Å². The zero-order valence-corrected chi connectivity index (χ0v) is 19.6. The van der Waals surface area contributed by atoms with Gasteiger partial charge in [0.05, 0.1) is 13.7 Å². The molecular weight excluding hydrogens is 438 g/mol. The molecule has 2 heterocycles. The van der Waals surface area contributed by atoms with Gasteiger partial charge in [0.25, 0.3) is 5.79 Å². The van der Waals surface area contributed by atoms with Crippen LogP contribution in [0.2, 0.25) is 0 Å². The number of hydrogen-bond donors (Lipinski definition) is 1. The van der Waals surface area contributed by atoms with Crippen LogP contribution >= 0.6 is 0 Å². The van der Waals surface area contributed by atoms with Gasteiger partial charge >= 0.3 is 5.97 Å². The van der Waals surface area contributed by atoms with Crippen LogP contribution in [0.25, 0.3) is 0 Å². The van der Waals surface area contributed by atoms with E-state index in [0.29, 0.717) is 23.5 Å². The Hall–Kier alpha value is -3.33. The number of esters is 1. The van der Waals surface area contributed by atoms with E-state index in [-0.39, 0.29) is 24.4 Å². The van der Waals surface area contributed by atoms with E-state index >= 15 is 0 Å². The van der Waals surface area contributed by atoms with Crippen LogP contribution in [0, 0.1) is 0 Å². The fraction of sp³-hybridized carbons (Fsp3) is 0.346. The lowest BCUT2D eigenvalue weighted by atomic mass is 9.89. The van der Waals surface area contributed by atoms with Crippen molar-refractivity contribution in [1.29, 1.82) is 0 Å². The highest BCUT2D eigenvalue weighted by Gasteiger charge is 2.49. The third-order valence-electron chi connectivity index (χ3n) is 5.67. The van der Waals surface area contributed by atoms with Crippen LogP contribution < -0.4 is 9.47 Å². The lowest BCUT2D eigenvalue weighted by molar-refractivity contribution is -0.231. The topological polar surface area (TPSA) is 86.7 Å². The van der Waals surface area contributed by atoms with Crippen molar-refractivity contribution >= 4 is 5.97 Å². The lowest BCUT2D eigenvalue weighted by Gasteiger charge is -2.26. The number of cyclic esters (lactones) is 1. The first-order valence-electron chi connectivity index (χ1n) is 11.1. The molecule has 0 saturated carbocycles. The summed E-state index contributed by atoms with van der Waals surface area (Å²) in [6.45, 7) is 1.73. The van der Waals surface area contributed by atoms with Gasteiger partial charge in [0.15, 0.2) is 5.76 Å². The molecule has 180 valence electrons. The normalized spacial score (nSPS) is 19.8. The van der Waals surface area contributed by atoms with Crippen LogP contribution in [0.1, 0.15) is 17.5 Å². The summed E-state index contributed by atoms with van der Waals surface area (Å²) < 4.78 is 16.7. The van der Waals surface area contributed by atoms with Crippen LogP contribution in [0.15, 0.2) is 71.5 Å². The van der Waals surface area contributed by atoms with Crippen molar-refractivity contribution in [1.82, 2.24) is 4.90 Å². The van der Waals surface area contributed by atoms with Crippen molar-refractivity contribution in [3.05, 3.63) is 82.6 Å². The Kier molecular flexibility index (Phi) is 7.21. The third-order valence-corrected chi connectivity index (χ3v) is 5.67. The molecule has 34 heavy (non-hydrogen) atoms. The predicted octanol–water partition coefficient (Wildman–Crippen LogP) is 3.11. The largest absolute Gasteiger partial charge is 0.497 e. The SMILES string of the molecule is COc1ccc(C2(O)OC(=O)C(C3=CCOO3)=C2Cc2cccc(OCCCN(C)C)c2)cc1. The van der Waals surface area contributed by atoms with Crippen molar-refractivity contribution in [2.75, 3.05) is 41.0 Å². The highest BCUT2D eigenvalue weighted by Crippen LogP contribution is 2.44. The van der Waals surface area contributed by atoms with Gasteiger partial charge in [0.2, 0.25) is 0 Å². The average Bonchev–Trinajstić information content (AvgIpc) is 3.43. The summed E-state index contributed by atoms with van der Waals surface area (Å²) in [5, 5.41) is 11.6. The Morgan fingerprint density at radius 1 is 1.12 bits per heavy atom. The summed E-state index contributed by atoms with van der Waals surface area (Å²) in [6, 6.07) is 14.3. The monoisotopic (exact) mass is 467 g/mol. The first-order chi connectivity index (χ1) is 16.4. The van der Waals surface area contributed by atoms with Crippen LogP contribution in [-0.2, 0) is 31.5 Å². The maximum Gasteiger partial charge on any atom is 0.345 e. The van der Waals surface area contributed by atoms with Gasteiger partial charge in [0, 0.05) is 24.1 Å². The van der Waals surface area contributed by atoms with E-state index in [0.717, 1.165) is 24.3 Å². The van der Waals surface area contributed by atoms with Gasteiger partial charge in [-0.1, -0.05) is 12.1 Å². The highest BCUT2D eigenvalue weighted by atomic mass is 17.2. The first-order valence-corrected chi connectivity index (χ1v) is 11.1. The minimum absolute atomic E-state index is 0.160. The fourth-order valence-electron chi connectivity index (χ4n) is 3.95. The second kappa shape index (κ2) is 10.3. The molecule has 4 rings (SSSR count). The van der Waals surface area contributed by atoms with Crippen LogP contribution in [0.3, 0.4) is 0 Å². The van der Waals surface area contributed by atoms with Crippen LogP contribution in [-0.4, -0.2) is 56.9 Å². The highest BCUT2D eigenvalue weighted by molar-refractivity contribution is 5.97. The summed E-state index contributed by atoms with van der Waals surface area (Å²) in [5.74, 6) is -1.07. The van der Waals surface area contributed by atoms with E-state index in [1.54, 1.807) is 37.5 Å². The maximum atomic E-state index is 12.9. The summed E-state index contributed by atoms with van der Waals surface area (Å²) >= 11 is 0. The second-order valence-electron chi connectivity index (χ2n) is 8.38. The molecule has 8 nitrogen and oxygen atoms in total. The zero-order valence-electron chi connectivity index (χ0n) is 19.6. The van der Waals surface area contributed by atoms with E-state index < -0.39 is 11.8 Å². The molecule has 0 fully saturated rings. The molecule has 0 saturated heterocycles. The molecule has 0 amide bonds. The third kappa shape index (κ3) is 5.09. The van der Waals surface area contributed by atoms with Crippen LogP contribution in [0.4, 0.5) is 0 Å². The Labute approximate surface area is 198 Å². The number of hydrogen-bond acceptors (Lipinski definition) is 8. The molecule has 0 aliphatic carbocycles. The van der Waals surface area contributed by atoms with Crippen molar-refractivity contribution in [3.63, 3.8) is 0 Å². The van der Waals surface area contributed by atoms with E-state index in [2.05, 4.69) is 4.90 Å². The van der Waals surface area contributed by atoms with Crippen molar-refractivity contribution in [2.24, 2.45) is 0 Å². The molecule has 1 N–H and O–H groups in total. The average molecular weight is 468 g/mol. The summed E-state index contributed by atoms with van der Waals surface area (Å²) in [5.41, 5.74) is 1.78. The molecule has 8 heteroatoms. The van der Waals surface area contributed by atoms with E-state index in [4.69, 9.17) is 24.0 Å². The number of ether oxygens (including phenoxy) is 3. The van der Waals surface area contributed by atoms with Crippen LogP contribution in [0.5, 0.6) is 11.5 Å². The predicted molar refractivity (Wildman–Crippen MR) is 124 cm³/mol. The Balaban J connectivity index is 1.65. The van der Waals surface area contributed by atoms with Crippen molar-refractivity contribution in [3.8, 4) is 11.5 Å². The van der Waals surface area contributed by atoms with Gasteiger partial charge in [-0.3, -0.25) is 0 Å². The molecule has 2 aliphatic rings. The molecule has 0 bridgehead atoms. The van der Waals surface area contributed by atoms with Gasteiger partial charge in [-0.2, -0.15) is 4.89 Å². The Bertz CT molecular complexity index is 1090. The molecule has 2 aromatic carbocycles. The number of aliphatic hydroxyl groups is 1. The lowest BCUT2D eigenvalue weighted by Crippen LogP contribution is -2.29. The summed E-state index contributed by atoms with van der Waals surface area (Å²) in [6.07, 6.45) is 2.78. The first kappa shape index (κ1) is 23.8. The standard InChI is InChI=1S/C26H29NO7/c1-27(2)13-5-14-31-21-7-4-6-18(16-21)17-22-24(23-12-15-32-34-23)25(28)33-26(22,29)19-8-10-20(30-3)11-9-19/h4,6-12,16,29H,5,13-15,17H2,1-3H3. The molecule has 2 aromatic rings.